The van der Waals surface area contributed by atoms with E-state index in [9.17, 15) is 0 Å². The Labute approximate surface area is 232 Å². The molecule has 3 rings (SSSR count). The van der Waals surface area contributed by atoms with E-state index in [1.165, 1.54) is 91.5 Å². The van der Waals surface area contributed by atoms with Crippen molar-refractivity contribution in [3.8, 4) is 0 Å². The first-order valence-electron chi connectivity index (χ1n) is 14.8. The summed E-state index contributed by atoms with van der Waals surface area (Å²) in [5, 5.41) is 0.912. The molecule has 202 valence electrons. The summed E-state index contributed by atoms with van der Waals surface area (Å²) in [6, 6.07) is 8.80. The van der Waals surface area contributed by atoms with Crippen molar-refractivity contribution in [2.45, 2.75) is 112 Å². The van der Waals surface area contributed by atoms with Gasteiger partial charge in [-0.1, -0.05) is 80.3 Å². The number of aliphatic imine (C=N–C) groups is 1. The average Bonchev–Trinajstić information content (AvgIpc) is 3.26. The summed E-state index contributed by atoms with van der Waals surface area (Å²) in [6.45, 7) is 15.0. The molecule has 1 fully saturated rings. The number of rotatable bonds is 13. The fourth-order valence-electron chi connectivity index (χ4n) is 6.30. The highest BCUT2D eigenvalue weighted by Crippen LogP contribution is 2.38. The van der Waals surface area contributed by atoms with Crippen LogP contribution in [0.15, 0.2) is 69.5 Å². The highest BCUT2D eigenvalue weighted by Gasteiger charge is 2.25. The molecule has 0 amide bonds. The van der Waals surface area contributed by atoms with E-state index in [1.807, 2.05) is 6.92 Å². The molecule has 1 aromatic carbocycles. The van der Waals surface area contributed by atoms with Crippen LogP contribution in [0.5, 0.6) is 0 Å². The van der Waals surface area contributed by atoms with Crippen LogP contribution in [0.4, 0.5) is 0 Å². The third-order valence-electron chi connectivity index (χ3n) is 8.85. The minimum Gasteiger partial charge on any atom is -0.257 e. The maximum absolute atomic E-state index is 6.04. The van der Waals surface area contributed by atoms with E-state index in [2.05, 4.69) is 70.3 Å². The highest BCUT2D eigenvalue weighted by atomic mass is 35.5. The minimum absolute atomic E-state index is 0.627. The van der Waals surface area contributed by atoms with Gasteiger partial charge < -0.3 is 0 Å². The third kappa shape index (κ3) is 9.77. The maximum atomic E-state index is 6.04. The molecular weight excluding hydrogens is 470 g/mol. The Morgan fingerprint density at radius 1 is 1.14 bits per heavy atom. The van der Waals surface area contributed by atoms with Crippen molar-refractivity contribution in [3.05, 3.63) is 75.7 Å². The first kappa shape index (κ1) is 29.7. The van der Waals surface area contributed by atoms with E-state index >= 15 is 0 Å². The molecule has 4 atom stereocenters. The molecule has 0 radical (unpaired) electrons. The molecule has 0 spiro atoms. The minimum atomic E-state index is 0.627. The van der Waals surface area contributed by atoms with Crippen molar-refractivity contribution in [2.24, 2.45) is 28.7 Å². The van der Waals surface area contributed by atoms with Crippen LogP contribution < -0.4 is 0 Å². The van der Waals surface area contributed by atoms with Gasteiger partial charge in [0.1, 0.15) is 0 Å². The maximum Gasteiger partial charge on any atom is 0.0520 e. The van der Waals surface area contributed by atoms with Gasteiger partial charge in [-0.15, -0.1) is 5.73 Å². The van der Waals surface area contributed by atoms with Gasteiger partial charge in [0.25, 0.3) is 0 Å². The average molecular weight is 520 g/mol. The second-order valence-electron chi connectivity index (χ2n) is 12.1. The molecule has 2 aliphatic rings. The summed E-state index contributed by atoms with van der Waals surface area (Å²) >= 11 is 6.04. The Hall–Kier alpha value is -1.82. The Bertz CT molecular complexity index is 1030. The molecule has 0 saturated heterocycles. The number of hydrogen-bond donors (Lipinski definition) is 0. The number of benzene rings is 1. The van der Waals surface area contributed by atoms with E-state index in [-0.39, 0.29) is 0 Å². The SMILES string of the molecule is C=C=C(C)C(CCC(C)C/C=C(\C)Cl)CCC1CCCC(CCC2=C(C)CC(c3cccc(C)c3)=N2)C1. The molecule has 1 aromatic rings. The van der Waals surface area contributed by atoms with Crippen LogP contribution in [0, 0.1) is 30.6 Å². The van der Waals surface area contributed by atoms with Gasteiger partial charge in [-0.3, -0.25) is 4.99 Å². The fourth-order valence-corrected chi connectivity index (χ4v) is 6.39. The van der Waals surface area contributed by atoms with Crippen LogP contribution >= 0.6 is 11.6 Å². The van der Waals surface area contributed by atoms with Crippen LogP contribution in [0.1, 0.15) is 116 Å². The Morgan fingerprint density at radius 3 is 2.59 bits per heavy atom. The van der Waals surface area contributed by atoms with Gasteiger partial charge in [0.05, 0.1) is 5.71 Å². The van der Waals surface area contributed by atoms with Crippen molar-refractivity contribution in [1.82, 2.24) is 0 Å². The molecule has 1 aliphatic heterocycles. The topological polar surface area (TPSA) is 12.4 Å². The van der Waals surface area contributed by atoms with E-state index in [1.54, 1.807) is 0 Å². The van der Waals surface area contributed by atoms with Gasteiger partial charge in [0, 0.05) is 17.2 Å². The second kappa shape index (κ2) is 14.9. The molecule has 0 N–H and O–H groups in total. The molecule has 1 nitrogen and oxygen atoms in total. The van der Waals surface area contributed by atoms with E-state index in [0.29, 0.717) is 11.8 Å². The summed E-state index contributed by atoms with van der Waals surface area (Å²) in [5.41, 5.74) is 11.3. The van der Waals surface area contributed by atoms with Crippen LogP contribution in [-0.2, 0) is 0 Å². The fraction of sp³-hybridized carbons (Fsp3) is 0.600. The van der Waals surface area contributed by atoms with E-state index in [4.69, 9.17) is 16.6 Å². The van der Waals surface area contributed by atoms with Gasteiger partial charge in [-0.05, 0) is 119 Å². The predicted molar refractivity (Wildman–Crippen MR) is 163 cm³/mol. The number of allylic oxidation sites excluding steroid dienone is 5. The molecule has 37 heavy (non-hydrogen) atoms. The standard InChI is InChI=1S/C35H50ClN/c1-7-27(4)32(19-15-25(2)14-16-29(6)36)20-17-30-11-9-12-31(24-30)18-21-34-28(5)23-35(37-34)33-13-8-10-26(3)22-33/h8,10,13,16,22,25,30-32H,1,9,11-12,14-15,17-21,23-24H2,2-6H3/b29-16+. The van der Waals surface area contributed by atoms with Crippen molar-refractivity contribution >= 4 is 17.3 Å². The van der Waals surface area contributed by atoms with Crippen molar-refractivity contribution in [2.75, 3.05) is 0 Å². The summed E-state index contributed by atoms with van der Waals surface area (Å²) < 4.78 is 0. The molecule has 1 heterocycles. The van der Waals surface area contributed by atoms with Crippen LogP contribution in [0.2, 0.25) is 0 Å². The lowest BCUT2D eigenvalue weighted by Gasteiger charge is -2.30. The first-order valence-corrected chi connectivity index (χ1v) is 15.1. The lowest BCUT2D eigenvalue weighted by molar-refractivity contribution is 0.232. The van der Waals surface area contributed by atoms with Gasteiger partial charge >= 0.3 is 0 Å². The lowest BCUT2D eigenvalue weighted by atomic mass is 9.75. The molecule has 2 heteroatoms. The largest absolute Gasteiger partial charge is 0.257 e. The molecule has 1 aliphatic carbocycles. The van der Waals surface area contributed by atoms with Gasteiger partial charge in [0.15, 0.2) is 0 Å². The molecule has 1 saturated carbocycles. The second-order valence-corrected chi connectivity index (χ2v) is 12.7. The summed E-state index contributed by atoms with van der Waals surface area (Å²) in [4.78, 5) is 5.10. The normalized spacial score (nSPS) is 22.0. The lowest BCUT2D eigenvalue weighted by Crippen LogP contribution is -2.17. The molecule has 0 aromatic heterocycles. The summed E-state index contributed by atoms with van der Waals surface area (Å²) in [5.74, 6) is 3.04. The quantitative estimate of drug-likeness (QED) is 0.230. The van der Waals surface area contributed by atoms with Crippen molar-refractivity contribution < 1.29 is 0 Å². The van der Waals surface area contributed by atoms with Crippen molar-refractivity contribution in [1.29, 1.82) is 0 Å². The molecule has 4 unspecified atom stereocenters. The predicted octanol–water partition coefficient (Wildman–Crippen LogP) is 11.1. The van der Waals surface area contributed by atoms with Crippen LogP contribution in [0.25, 0.3) is 0 Å². The van der Waals surface area contributed by atoms with Crippen LogP contribution in [0.3, 0.4) is 0 Å². The zero-order valence-corrected chi connectivity index (χ0v) is 25.0. The number of nitrogens with zero attached hydrogens (tertiary/aromatic N) is 1. The number of halogens is 1. The van der Waals surface area contributed by atoms with Crippen molar-refractivity contribution in [3.63, 3.8) is 0 Å². The third-order valence-corrected chi connectivity index (χ3v) is 9.01. The number of hydrogen-bond acceptors (Lipinski definition) is 1. The van der Waals surface area contributed by atoms with E-state index in [0.717, 1.165) is 36.1 Å². The Morgan fingerprint density at radius 2 is 1.89 bits per heavy atom. The molecule has 0 bridgehead atoms. The summed E-state index contributed by atoms with van der Waals surface area (Å²) in [7, 11) is 0. The molecular formula is C35H50ClN. The smallest absolute Gasteiger partial charge is 0.0520 e. The van der Waals surface area contributed by atoms with Gasteiger partial charge in [-0.2, -0.15) is 0 Å². The summed E-state index contributed by atoms with van der Waals surface area (Å²) in [6.07, 6.45) is 17.5. The highest BCUT2D eigenvalue weighted by molar-refractivity contribution is 6.29. The zero-order chi connectivity index (χ0) is 26.8. The first-order chi connectivity index (χ1) is 17.7. The van der Waals surface area contributed by atoms with Gasteiger partial charge in [0.2, 0.25) is 0 Å². The van der Waals surface area contributed by atoms with Crippen LogP contribution in [-0.4, -0.2) is 5.71 Å². The Kier molecular flexibility index (Phi) is 12.0. The number of aryl methyl sites for hydroxylation is 1. The monoisotopic (exact) mass is 519 g/mol. The van der Waals surface area contributed by atoms with E-state index < -0.39 is 0 Å². The zero-order valence-electron chi connectivity index (χ0n) is 24.2. The Balaban J connectivity index is 1.47. The van der Waals surface area contributed by atoms with Gasteiger partial charge in [-0.25, -0.2) is 0 Å².